The van der Waals surface area contributed by atoms with Crippen molar-refractivity contribution < 1.29 is 17.5 Å². The Morgan fingerprint density at radius 1 is 1.16 bits per heavy atom. The molecule has 1 aromatic heterocycles. The van der Waals surface area contributed by atoms with Crippen molar-refractivity contribution in [2.24, 2.45) is 0 Å². The largest absolute Gasteiger partial charge is 0.377 e. The van der Waals surface area contributed by atoms with E-state index in [4.69, 9.17) is 4.74 Å². The van der Waals surface area contributed by atoms with E-state index in [2.05, 4.69) is 4.98 Å². The molecule has 4 rings (SSSR count). The average Bonchev–Trinajstić information content (AvgIpc) is 3.23. The summed E-state index contributed by atoms with van der Waals surface area (Å²) in [6.45, 7) is 4.39. The Hall–Kier alpha value is -2.55. The molecular weight excluding hydrogens is 419 g/mol. The van der Waals surface area contributed by atoms with Gasteiger partial charge in [-0.05, 0) is 73.5 Å². The molecule has 0 spiro atoms. The minimum atomic E-state index is -4.18. The van der Waals surface area contributed by atoms with Crippen LogP contribution in [-0.4, -0.2) is 37.0 Å². The van der Waals surface area contributed by atoms with Gasteiger partial charge in [0, 0.05) is 30.8 Å². The number of halogens is 1. The first-order valence-corrected chi connectivity index (χ1v) is 11.7. The average molecular weight is 445 g/mol. The molecule has 1 fully saturated rings. The molecule has 1 saturated heterocycles. The molecule has 0 aliphatic carbocycles. The number of benzene rings is 2. The molecule has 6 nitrogen and oxygen atoms in total. The second kappa shape index (κ2) is 8.53. The third kappa shape index (κ3) is 4.42. The molecule has 2 heterocycles. The number of nitrogens with one attached hydrogen (secondary N) is 1. The van der Waals surface area contributed by atoms with Gasteiger partial charge < -0.3 is 9.72 Å². The first-order valence-electron chi connectivity index (χ1n) is 10.2. The monoisotopic (exact) mass is 444 g/mol. The van der Waals surface area contributed by atoms with Crippen molar-refractivity contribution in [3.63, 3.8) is 0 Å². The molecular formula is C23H25FN2O4S. The number of aromatic nitrogens is 1. The minimum absolute atomic E-state index is 0.0566. The molecule has 164 valence electrons. The first kappa shape index (κ1) is 21.7. The highest BCUT2D eigenvalue weighted by atomic mass is 32.2. The Kier molecular flexibility index (Phi) is 5.96. The summed E-state index contributed by atoms with van der Waals surface area (Å²) in [6.07, 6.45) is 1.27. The Bertz CT molecular complexity index is 1280. The fourth-order valence-corrected chi connectivity index (χ4v) is 5.40. The van der Waals surface area contributed by atoms with Gasteiger partial charge >= 0.3 is 0 Å². The maximum atomic E-state index is 14.4. The third-order valence-electron chi connectivity index (χ3n) is 5.77. The van der Waals surface area contributed by atoms with Gasteiger partial charge in [-0.3, -0.25) is 4.79 Å². The normalized spacial score (nSPS) is 17.0. The predicted molar refractivity (Wildman–Crippen MR) is 117 cm³/mol. The van der Waals surface area contributed by atoms with Crippen molar-refractivity contribution in [1.29, 1.82) is 0 Å². The summed E-state index contributed by atoms with van der Waals surface area (Å²) in [5.41, 5.74) is 2.75. The number of ether oxygens (including phenoxy) is 1. The molecule has 1 aliphatic rings. The maximum Gasteiger partial charge on any atom is 0.252 e. The van der Waals surface area contributed by atoms with Crippen molar-refractivity contribution in [3.05, 3.63) is 75.3 Å². The fraction of sp³-hybridized carbons (Fsp3) is 0.348. The van der Waals surface area contributed by atoms with Crippen LogP contribution in [0.25, 0.3) is 10.9 Å². The van der Waals surface area contributed by atoms with Crippen molar-refractivity contribution in [1.82, 2.24) is 9.29 Å². The van der Waals surface area contributed by atoms with E-state index < -0.39 is 20.7 Å². The van der Waals surface area contributed by atoms with Gasteiger partial charge in [0.05, 0.1) is 6.10 Å². The Labute approximate surface area is 180 Å². The van der Waals surface area contributed by atoms with Crippen LogP contribution in [0.2, 0.25) is 0 Å². The second-order valence-electron chi connectivity index (χ2n) is 8.01. The molecule has 0 saturated carbocycles. The van der Waals surface area contributed by atoms with Crippen molar-refractivity contribution in [3.8, 4) is 0 Å². The number of sulfonamides is 1. The summed E-state index contributed by atoms with van der Waals surface area (Å²) in [7, 11) is -4.18. The number of nitrogens with zero attached hydrogens (tertiary/aromatic N) is 1. The molecule has 3 aromatic rings. The summed E-state index contributed by atoms with van der Waals surface area (Å²) < 4.78 is 47.8. The van der Waals surface area contributed by atoms with Gasteiger partial charge in [0.2, 0.25) is 10.0 Å². The van der Waals surface area contributed by atoms with Crippen LogP contribution in [0, 0.1) is 19.7 Å². The van der Waals surface area contributed by atoms with Crippen LogP contribution < -0.4 is 5.56 Å². The Morgan fingerprint density at radius 3 is 2.61 bits per heavy atom. The quantitative estimate of drug-likeness (QED) is 0.629. The van der Waals surface area contributed by atoms with E-state index in [1.165, 1.54) is 18.2 Å². The van der Waals surface area contributed by atoms with Crippen LogP contribution in [0.4, 0.5) is 4.39 Å². The molecule has 31 heavy (non-hydrogen) atoms. The number of fused-ring (bicyclic) bond motifs is 1. The van der Waals surface area contributed by atoms with E-state index in [1.54, 1.807) is 6.07 Å². The van der Waals surface area contributed by atoms with Crippen LogP contribution in [0.15, 0.2) is 52.2 Å². The van der Waals surface area contributed by atoms with Gasteiger partial charge in [0.25, 0.3) is 5.56 Å². The number of rotatable bonds is 6. The number of aryl methyl sites for hydroxylation is 2. The van der Waals surface area contributed by atoms with Crippen LogP contribution in [0.1, 0.15) is 29.5 Å². The van der Waals surface area contributed by atoms with E-state index in [0.29, 0.717) is 17.7 Å². The number of aromatic amines is 1. The van der Waals surface area contributed by atoms with E-state index in [-0.39, 0.29) is 24.8 Å². The van der Waals surface area contributed by atoms with Gasteiger partial charge in [0.15, 0.2) is 0 Å². The molecule has 1 aliphatic heterocycles. The van der Waals surface area contributed by atoms with Gasteiger partial charge in [0.1, 0.15) is 10.7 Å². The topological polar surface area (TPSA) is 79.5 Å². The zero-order chi connectivity index (χ0) is 22.2. The van der Waals surface area contributed by atoms with Crippen molar-refractivity contribution >= 4 is 20.9 Å². The number of hydrogen-bond acceptors (Lipinski definition) is 4. The van der Waals surface area contributed by atoms with E-state index in [0.717, 1.165) is 39.7 Å². The molecule has 0 amide bonds. The molecule has 1 N–H and O–H groups in total. The lowest BCUT2D eigenvalue weighted by Crippen LogP contribution is -2.38. The standard InChI is InChI=1S/C23H25FN2O4S/c1-15-10-17-12-18(23(27)25-21(17)11-16(15)2)13-26(14-19-6-5-9-30-19)31(28,29)22-8-4-3-7-20(22)24/h3-4,7-8,10-12,19H,5-6,9,13-14H2,1-2H3,(H,25,27). The van der Waals surface area contributed by atoms with E-state index >= 15 is 0 Å². The summed E-state index contributed by atoms with van der Waals surface area (Å²) >= 11 is 0. The number of pyridine rings is 1. The van der Waals surface area contributed by atoms with Gasteiger partial charge in [-0.15, -0.1) is 0 Å². The highest BCUT2D eigenvalue weighted by Crippen LogP contribution is 2.24. The van der Waals surface area contributed by atoms with Crippen LogP contribution >= 0.6 is 0 Å². The maximum absolute atomic E-state index is 14.4. The highest BCUT2D eigenvalue weighted by molar-refractivity contribution is 7.89. The Balaban J connectivity index is 1.76. The molecule has 0 bridgehead atoms. The summed E-state index contributed by atoms with van der Waals surface area (Å²) in [5, 5.41) is 0.818. The van der Waals surface area contributed by atoms with Crippen LogP contribution in [0.5, 0.6) is 0 Å². The van der Waals surface area contributed by atoms with Crippen molar-refractivity contribution in [2.75, 3.05) is 13.2 Å². The van der Waals surface area contributed by atoms with E-state index in [1.807, 2.05) is 26.0 Å². The van der Waals surface area contributed by atoms with Gasteiger partial charge in [-0.25, -0.2) is 12.8 Å². The second-order valence-corrected chi connectivity index (χ2v) is 9.92. The lowest BCUT2D eigenvalue weighted by molar-refractivity contribution is 0.0924. The molecule has 1 unspecified atom stereocenters. The zero-order valence-electron chi connectivity index (χ0n) is 17.5. The van der Waals surface area contributed by atoms with Gasteiger partial charge in [-0.1, -0.05) is 12.1 Å². The van der Waals surface area contributed by atoms with Gasteiger partial charge in [-0.2, -0.15) is 4.31 Å². The lowest BCUT2D eigenvalue weighted by atomic mass is 10.0. The predicted octanol–water partition coefficient (Wildman–Crippen LogP) is 3.65. The SMILES string of the molecule is Cc1cc2cc(CN(CC3CCCO3)S(=O)(=O)c3ccccc3F)c(=O)[nH]c2cc1C. The molecule has 2 aromatic carbocycles. The zero-order valence-corrected chi connectivity index (χ0v) is 18.3. The molecule has 0 radical (unpaired) electrons. The fourth-order valence-electron chi connectivity index (χ4n) is 3.89. The summed E-state index contributed by atoms with van der Waals surface area (Å²) in [6, 6.07) is 10.8. The smallest absolute Gasteiger partial charge is 0.252 e. The minimum Gasteiger partial charge on any atom is -0.377 e. The van der Waals surface area contributed by atoms with Crippen LogP contribution in [-0.2, 0) is 21.3 Å². The third-order valence-corrected chi connectivity index (χ3v) is 7.61. The van der Waals surface area contributed by atoms with E-state index in [9.17, 15) is 17.6 Å². The Morgan fingerprint density at radius 2 is 1.90 bits per heavy atom. The summed E-state index contributed by atoms with van der Waals surface area (Å²) in [5.74, 6) is -0.821. The highest BCUT2D eigenvalue weighted by Gasteiger charge is 2.31. The number of hydrogen-bond donors (Lipinski definition) is 1. The first-order chi connectivity index (χ1) is 14.8. The molecule has 1 atom stereocenters. The summed E-state index contributed by atoms with van der Waals surface area (Å²) in [4.78, 5) is 15.2. The number of H-pyrrole nitrogens is 1. The lowest BCUT2D eigenvalue weighted by Gasteiger charge is -2.25. The van der Waals surface area contributed by atoms with Crippen LogP contribution in [0.3, 0.4) is 0 Å². The van der Waals surface area contributed by atoms with Crippen molar-refractivity contribution in [2.45, 2.75) is 44.2 Å². The molecule has 8 heteroatoms.